The highest BCUT2D eigenvalue weighted by molar-refractivity contribution is 5.85. The molecule has 1 aromatic heterocycles. The fraction of sp³-hybridized carbons (Fsp3) is 0.583. The number of aromatic amines is 1. The molecule has 0 radical (unpaired) electrons. The standard InChI is InChI=1S/C12H18N2O3/c1-4-7-9-8(5-2)11(15)14-10(13-9)12(16)17-6-3/h4-7H2,1-3H3,(H,13,14,15). The molecule has 0 unspecified atom stereocenters. The highest BCUT2D eigenvalue weighted by Crippen LogP contribution is 2.06. The fourth-order valence-electron chi connectivity index (χ4n) is 1.65. The van der Waals surface area contributed by atoms with E-state index >= 15 is 0 Å². The number of aryl methyl sites for hydroxylation is 1. The normalized spacial score (nSPS) is 10.3. The van der Waals surface area contributed by atoms with Crippen LogP contribution in [0.3, 0.4) is 0 Å². The van der Waals surface area contributed by atoms with Crippen LogP contribution in [-0.2, 0) is 17.6 Å². The van der Waals surface area contributed by atoms with Gasteiger partial charge in [-0.3, -0.25) is 4.79 Å². The van der Waals surface area contributed by atoms with Crippen LogP contribution < -0.4 is 5.56 Å². The summed E-state index contributed by atoms with van der Waals surface area (Å²) in [5.41, 5.74) is 1.11. The molecular formula is C12H18N2O3. The first-order valence-corrected chi connectivity index (χ1v) is 5.93. The van der Waals surface area contributed by atoms with E-state index < -0.39 is 5.97 Å². The predicted molar refractivity (Wildman–Crippen MR) is 64.2 cm³/mol. The average Bonchev–Trinajstić information content (AvgIpc) is 2.29. The van der Waals surface area contributed by atoms with Crippen LogP contribution in [0.4, 0.5) is 0 Å². The molecule has 0 saturated heterocycles. The van der Waals surface area contributed by atoms with E-state index in [2.05, 4.69) is 9.97 Å². The second kappa shape index (κ2) is 6.18. The van der Waals surface area contributed by atoms with Crippen molar-refractivity contribution >= 4 is 5.97 Å². The van der Waals surface area contributed by atoms with E-state index in [1.54, 1.807) is 6.92 Å². The van der Waals surface area contributed by atoms with Gasteiger partial charge in [-0.1, -0.05) is 20.3 Å². The van der Waals surface area contributed by atoms with Crippen molar-refractivity contribution in [2.45, 2.75) is 40.0 Å². The van der Waals surface area contributed by atoms with Gasteiger partial charge in [0.1, 0.15) is 0 Å². The van der Waals surface area contributed by atoms with Crippen LogP contribution >= 0.6 is 0 Å². The van der Waals surface area contributed by atoms with E-state index in [9.17, 15) is 9.59 Å². The van der Waals surface area contributed by atoms with Gasteiger partial charge in [0.05, 0.1) is 12.3 Å². The van der Waals surface area contributed by atoms with Gasteiger partial charge in [0, 0.05) is 5.56 Å². The minimum Gasteiger partial charge on any atom is -0.460 e. The average molecular weight is 238 g/mol. The summed E-state index contributed by atoms with van der Waals surface area (Å²) in [6.07, 6.45) is 2.19. The smallest absolute Gasteiger partial charge is 0.374 e. The lowest BCUT2D eigenvalue weighted by Gasteiger charge is -2.07. The molecule has 5 heteroatoms. The Morgan fingerprint density at radius 1 is 1.35 bits per heavy atom. The Morgan fingerprint density at radius 2 is 2.06 bits per heavy atom. The van der Waals surface area contributed by atoms with Crippen LogP contribution in [-0.4, -0.2) is 22.5 Å². The molecule has 0 aliphatic rings. The number of ether oxygens (including phenoxy) is 1. The lowest BCUT2D eigenvalue weighted by molar-refractivity contribution is 0.0511. The van der Waals surface area contributed by atoms with Crippen molar-refractivity contribution in [3.63, 3.8) is 0 Å². The number of hydrogen-bond acceptors (Lipinski definition) is 4. The van der Waals surface area contributed by atoms with Crippen molar-refractivity contribution in [2.75, 3.05) is 6.61 Å². The first-order valence-electron chi connectivity index (χ1n) is 5.93. The third-order valence-electron chi connectivity index (χ3n) is 2.41. The monoisotopic (exact) mass is 238 g/mol. The van der Waals surface area contributed by atoms with Crippen LogP contribution in [0.15, 0.2) is 4.79 Å². The van der Waals surface area contributed by atoms with Crippen LogP contribution in [0.5, 0.6) is 0 Å². The zero-order chi connectivity index (χ0) is 12.8. The van der Waals surface area contributed by atoms with Crippen LogP contribution in [0, 0.1) is 0 Å². The number of aromatic nitrogens is 2. The highest BCUT2D eigenvalue weighted by atomic mass is 16.5. The third-order valence-corrected chi connectivity index (χ3v) is 2.41. The molecule has 0 aliphatic carbocycles. The maximum Gasteiger partial charge on any atom is 0.374 e. The van der Waals surface area contributed by atoms with Crippen molar-refractivity contribution in [3.05, 3.63) is 27.4 Å². The molecule has 0 atom stereocenters. The van der Waals surface area contributed by atoms with Crippen LogP contribution in [0.25, 0.3) is 0 Å². The van der Waals surface area contributed by atoms with Gasteiger partial charge >= 0.3 is 5.97 Å². The molecule has 0 spiro atoms. The molecule has 1 N–H and O–H groups in total. The molecule has 0 bridgehead atoms. The Kier molecular flexibility index (Phi) is 4.87. The topological polar surface area (TPSA) is 72.0 Å². The molecule has 0 saturated carbocycles. The summed E-state index contributed by atoms with van der Waals surface area (Å²) in [5, 5.41) is 0. The van der Waals surface area contributed by atoms with Gasteiger partial charge in [-0.25, -0.2) is 9.78 Å². The Morgan fingerprint density at radius 3 is 2.59 bits per heavy atom. The number of nitrogens with one attached hydrogen (secondary N) is 1. The number of rotatable bonds is 5. The van der Waals surface area contributed by atoms with Gasteiger partial charge in [0.2, 0.25) is 5.82 Å². The van der Waals surface area contributed by atoms with Gasteiger partial charge in [-0.2, -0.15) is 0 Å². The van der Waals surface area contributed by atoms with E-state index in [4.69, 9.17) is 4.74 Å². The number of carbonyl (C=O) groups is 1. The molecule has 1 aromatic rings. The number of nitrogens with zero attached hydrogens (tertiary/aromatic N) is 1. The SMILES string of the molecule is CCCc1nc(C(=O)OCC)[nH]c(=O)c1CC. The lowest BCUT2D eigenvalue weighted by Crippen LogP contribution is -2.23. The van der Waals surface area contributed by atoms with Crippen molar-refractivity contribution in [3.8, 4) is 0 Å². The molecule has 1 heterocycles. The minimum absolute atomic E-state index is 0.00231. The molecule has 17 heavy (non-hydrogen) atoms. The van der Waals surface area contributed by atoms with E-state index in [-0.39, 0.29) is 18.0 Å². The van der Waals surface area contributed by atoms with Crippen molar-refractivity contribution < 1.29 is 9.53 Å². The predicted octanol–water partition coefficient (Wildman–Crippen LogP) is 1.46. The summed E-state index contributed by atoms with van der Waals surface area (Å²) in [7, 11) is 0. The number of carbonyl (C=O) groups excluding carboxylic acids is 1. The maximum absolute atomic E-state index is 11.8. The van der Waals surface area contributed by atoms with E-state index in [1.807, 2.05) is 13.8 Å². The molecule has 94 valence electrons. The van der Waals surface area contributed by atoms with Gasteiger partial charge < -0.3 is 9.72 Å². The molecule has 0 aliphatic heterocycles. The summed E-state index contributed by atoms with van der Waals surface area (Å²) >= 11 is 0. The first-order chi connectivity index (χ1) is 8.13. The Bertz CT molecular complexity index is 452. The van der Waals surface area contributed by atoms with Gasteiger partial charge in [0.15, 0.2) is 0 Å². The maximum atomic E-state index is 11.8. The third kappa shape index (κ3) is 3.15. The molecular weight excluding hydrogens is 220 g/mol. The molecule has 0 aromatic carbocycles. The Balaban J connectivity index is 3.19. The second-order valence-electron chi connectivity index (χ2n) is 3.66. The zero-order valence-corrected chi connectivity index (χ0v) is 10.5. The largest absolute Gasteiger partial charge is 0.460 e. The zero-order valence-electron chi connectivity index (χ0n) is 10.5. The number of hydrogen-bond donors (Lipinski definition) is 1. The van der Waals surface area contributed by atoms with Crippen molar-refractivity contribution in [1.82, 2.24) is 9.97 Å². The molecule has 1 rings (SSSR count). The van der Waals surface area contributed by atoms with Gasteiger partial charge in [-0.15, -0.1) is 0 Å². The molecule has 0 fully saturated rings. The Labute approximate surface area is 100 Å². The van der Waals surface area contributed by atoms with E-state index in [0.29, 0.717) is 24.1 Å². The lowest BCUT2D eigenvalue weighted by atomic mass is 10.1. The summed E-state index contributed by atoms with van der Waals surface area (Å²) in [6.45, 7) is 5.88. The quantitative estimate of drug-likeness (QED) is 0.788. The van der Waals surface area contributed by atoms with Crippen molar-refractivity contribution in [2.24, 2.45) is 0 Å². The highest BCUT2D eigenvalue weighted by Gasteiger charge is 2.14. The summed E-state index contributed by atoms with van der Waals surface area (Å²) < 4.78 is 4.82. The Hall–Kier alpha value is -1.65. The van der Waals surface area contributed by atoms with E-state index in [0.717, 1.165) is 6.42 Å². The number of esters is 1. The summed E-state index contributed by atoms with van der Waals surface area (Å²) in [6, 6.07) is 0. The first kappa shape index (κ1) is 13.4. The van der Waals surface area contributed by atoms with Crippen molar-refractivity contribution in [1.29, 1.82) is 0 Å². The van der Waals surface area contributed by atoms with Gasteiger partial charge in [-0.05, 0) is 19.8 Å². The molecule has 5 nitrogen and oxygen atoms in total. The van der Waals surface area contributed by atoms with Crippen LogP contribution in [0.1, 0.15) is 49.1 Å². The summed E-state index contributed by atoms with van der Waals surface area (Å²) in [4.78, 5) is 29.9. The summed E-state index contributed by atoms with van der Waals surface area (Å²) in [5.74, 6) is -0.581. The second-order valence-corrected chi connectivity index (χ2v) is 3.66. The molecule has 0 amide bonds. The minimum atomic E-state index is -0.579. The fourth-order valence-corrected chi connectivity index (χ4v) is 1.65. The number of H-pyrrole nitrogens is 1. The van der Waals surface area contributed by atoms with E-state index in [1.165, 1.54) is 0 Å². The van der Waals surface area contributed by atoms with Crippen LogP contribution in [0.2, 0.25) is 0 Å². The van der Waals surface area contributed by atoms with Gasteiger partial charge in [0.25, 0.3) is 5.56 Å².